The van der Waals surface area contributed by atoms with E-state index in [2.05, 4.69) is 16.0 Å². The van der Waals surface area contributed by atoms with Crippen LogP contribution >= 0.6 is 0 Å². The van der Waals surface area contributed by atoms with Gasteiger partial charge < -0.3 is 35.4 Å². The van der Waals surface area contributed by atoms with Crippen LogP contribution in [0, 0.1) is 35.3 Å². The van der Waals surface area contributed by atoms with Gasteiger partial charge in [-0.25, -0.2) is 27.2 Å². The van der Waals surface area contributed by atoms with Gasteiger partial charge in [0.2, 0.25) is 24.1 Å². The van der Waals surface area contributed by atoms with E-state index in [0.29, 0.717) is 0 Å². The molecule has 3 rings (SSSR count). The lowest BCUT2D eigenvalue weighted by Gasteiger charge is -2.31. The molecule has 0 aromatic heterocycles. The molecule has 1 unspecified atom stereocenters. The van der Waals surface area contributed by atoms with Crippen LogP contribution in [-0.4, -0.2) is 90.1 Å². The molecule has 5 atom stereocenters. The highest BCUT2D eigenvalue weighted by atomic mass is 19.3. The van der Waals surface area contributed by atoms with Crippen LogP contribution < -0.4 is 20.7 Å². The predicted molar refractivity (Wildman–Crippen MR) is 181 cm³/mol. The van der Waals surface area contributed by atoms with Gasteiger partial charge in [-0.05, 0) is 55.6 Å². The standard InChI is InChI=1S/C36H52F4N4O8/c1-19(2)18-51-36(50)43-31(20(3)4)34(47)44-17-23(22-9-7-6-8-10-22)15-27(44)33(46)42-26(16-29(38)39)32(45)41-14-13-24-25(37)11-12-28(30(24)40)52-21(5)35(48)49/h11-12,19-23,26-27,29,31H,6-10,13-18H2,1-5H3,(H,41,45)(H,42,46)(H,43,50)(H,48,49)/t21?,23-,26+,27+,31+/m1/s1. The average molecular weight is 745 g/mol. The van der Waals surface area contributed by atoms with E-state index in [9.17, 15) is 41.5 Å². The first kappa shape index (κ1) is 42.3. The molecule has 1 saturated heterocycles. The quantitative estimate of drug-likeness (QED) is 0.165. The first-order valence-electron chi connectivity index (χ1n) is 18.0. The lowest BCUT2D eigenvalue weighted by atomic mass is 9.79. The maximum Gasteiger partial charge on any atom is 0.407 e. The minimum absolute atomic E-state index is 0.0581. The van der Waals surface area contributed by atoms with Crippen molar-refractivity contribution in [2.75, 3.05) is 19.7 Å². The van der Waals surface area contributed by atoms with Crippen molar-refractivity contribution in [2.45, 2.75) is 117 Å². The van der Waals surface area contributed by atoms with Gasteiger partial charge in [0.05, 0.1) is 6.61 Å². The minimum atomic E-state index is -3.02. The zero-order valence-electron chi connectivity index (χ0n) is 30.4. The minimum Gasteiger partial charge on any atom is -0.479 e. The topological polar surface area (TPSA) is 163 Å². The molecule has 4 amide bonds. The SMILES string of the molecule is CC(C)COC(=O)N[C@H](C(=O)N1C[C@H](C2CCCCC2)C[C@H]1C(=O)N[C@@H](CC(F)F)C(=O)NCCc1c(F)ccc(OC(C)C(=O)O)c1F)C(C)C. The van der Waals surface area contributed by atoms with Crippen molar-refractivity contribution in [3.05, 3.63) is 29.3 Å². The average Bonchev–Trinajstić information content (AvgIpc) is 3.54. The summed E-state index contributed by atoms with van der Waals surface area (Å²) < 4.78 is 67.1. The van der Waals surface area contributed by atoms with Gasteiger partial charge in [0, 0.05) is 25.1 Å². The number of halogens is 4. The first-order chi connectivity index (χ1) is 24.5. The van der Waals surface area contributed by atoms with E-state index >= 15 is 0 Å². The molecule has 1 saturated carbocycles. The van der Waals surface area contributed by atoms with Crippen molar-refractivity contribution in [1.82, 2.24) is 20.9 Å². The number of rotatable bonds is 17. The molecule has 1 aliphatic carbocycles. The summed E-state index contributed by atoms with van der Waals surface area (Å²) in [7, 11) is 0. The van der Waals surface area contributed by atoms with Crippen molar-refractivity contribution < 1.29 is 56.1 Å². The Morgan fingerprint density at radius 1 is 0.962 bits per heavy atom. The van der Waals surface area contributed by atoms with Gasteiger partial charge >= 0.3 is 12.1 Å². The van der Waals surface area contributed by atoms with Gasteiger partial charge in [0.25, 0.3) is 0 Å². The third kappa shape index (κ3) is 12.0. The Morgan fingerprint density at radius 3 is 2.23 bits per heavy atom. The van der Waals surface area contributed by atoms with Crippen molar-refractivity contribution >= 4 is 29.8 Å². The van der Waals surface area contributed by atoms with Crippen molar-refractivity contribution in [3.8, 4) is 5.75 Å². The number of hydrogen-bond acceptors (Lipinski definition) is 7. The Kier molecular flexibility index (Phi) is 16.0. The number of nitrogens with one attached hydrogen (secondary N) is 3. The summed E-state index contributed by atoms with van der Waals surface area (Å²) in [6.07, 6.45) is -1.58. The van der Waals surface area contributed by atoms with E-state index in [1.807, 2.05) is 13.8 Å². The molecule has 0 spiro atoms. The molecular formula is C36H52F4N4O8. The lowest BCUT2D eigenvalue weighted by Crippen LogP contribution is -2.57. The van der Waals surface area contributed by atoms with Crippen LogP contribution in [0.3, 0.4) is 0 Å². The summed E-state index contributed by atoms with van der Waals surface area (Å²) in [6, 6.07) is -2.11. The van der Waals surface area contributed by atoms with Crippen LogP contribution in [0.5, 0.6) is 5.75 Å². The van der Waals surface area contributed by atoms with E-state index in [-0.39, 0.29) is 37.3 Å². The Morgan fingerprint density at radius 2 is 1.63 bits per heavy atom. The zero-order chi connectivity index (χ0) is 38.7. The van der Waals surface area contributed by atoms with E-state index < -0.39 is 109 Å². The molecule has 0 radical (unpaired) electrons. The highest BCUT2D eigenvalue weighted by Gasteiger charge is 2.45. The molecule has 292 valence electrons. The summed E-state index contributed by atoms with van der Waals surface area (Å²) in [5.41, 5.74) is -0.528. The van der Waals surface area contributed by atoms with E-state index in [1.165, 1.54) is 4.90 Å². The highest BCUT2D eigenvalue weighted by molar-refractivity contribution is 5.94. The number of ether oxygens (including phenoxy) is 2. The van der Waals surface area contributed by atoms with Gasteiger partial charge in [-0.2, -0.15) is 0 Å². The number of nitrogens with zero attached hydrogens (tertiary/aromatic N) is 1. The largest absolute Gasteiger partial charge is 0.479 e. The molecule has 0 bridgehead atoms. The molecule has 16 heteroatoms. The van der Waals surface area contributed by atoms with Crippen LogP contribution in [0.1, 0.15) is 85.1 Å². The lowest BCUT2D eigenvalue weighted by molar-refractivity contribution is -0.144. The molecule has 52 heavy (non-hydrogen) atoms. The van der Waals surface area contributed by atoms with Crippen LogP contribution in [-0.2, 0) is 30.3 Å². The third-order valence-electron chi connectivity index (χ3n) is 9.51. The molecule has 1 heterocycles. The van der Waals surface area contributed by atoms with E-state index in [4.69, 9.17) is 14.6 Å². The number of amides is 4. The number of carbonyl (C=O) groups excluding carboxylic acids is 4. The van der Waals surface area contributed by atoms with E-state index in [0.717, 1.165) is 51.2 Å². The fourth-order valence-electron chi connectivity index (χ4n) is 6.66. The fourth-order valence-corrected chi connectivity index (χ4v) is 6.66. The van der Waals surface area contributed by atoms with Crippen LogP contribution in [0.2, 0.25) is 0 Å². The summed E-state index contributed by atoms with van der Waals surface area (Å²) in [6.45, 7) is 8.26. The molecule has 2 fully saturated rings. The predicted octanol–water partition coefficient (Wildman–Crippen LogP) is 4.82. The molecule has 1 aromatic rings. The molecule has 1 aromatic carbocycles. The Bertz CT molecular complexity index is 1410. The van der Waals surface area contributed by atoms with E-state index in [1.54, 1.807) is 13.8 Å². The van der Waals surface area contributed by atoms with Crippen molar-refractivity contribution in [3.63, 3.8) is 0 Å². The number of carbonyl (C=O) groups is 5. The number of hydrogen-bond donors (Lipinski definition) is 4. The zero-order valence-corrected chi connectivity index (χ0v) is 30.4. The molecule has 12 nitrogen and oxygen atoms in total. The first-order valence-corrected chi connectivity index (χ1v) is 18.0. The highest BCUT2D eigenvalue weighted by Crippen LogP contribution is 2.38. The Balaban J connectivity index is 1.77. The molecular weight excluding hydrogens is 692 g/mol. The molecule has 4 N–H and O–H groups in total. The van der Waals surface area contributed by atoms with Crippen LogP contribution in [0.25, 0.3) is 0 Å². The van der Waals surface area contributed by atoms with Gasteiger partial charge in [0.15, 0.2) is 17.7 Å². The van der Waals surface area contributed by atoms with Crippen molar-refractivity contribution in [1.29, 1.82) is 0 Å². The smallest absolute Gasteiger partial charge is 0.407 e. The number of likely N-dealkylation sites (tertiary alicyclic amines) is 1. The number of aliphatic carboxylic acids is 1. The summed E-state index contributed by atoms with van der Waals surface area (Å²) >= 11 is 0. The molecule has 1 aliphatic heterocycles. The number of carboxylic acids is 1. The fraction of sp³-hybridized carbons (Fsp3) is 0.694. The second kappa shape index (κ2) is 19.6. The summed E-state index contributed by atoms with van der Waals surface area (Å²) in [5, 5.41) is 16.4. The van der Waals surface area contributed by atoms with Crippen LogP contribution in [0.4, 0.5) is 22.4 Å². The second-order valence-corrected chi connectivity index (χ2v) is 14.4. The van der Waals surface area contributed by atoms with Crippen molar-refractivity contribution in [2.24, 2.45) is 23.7 Å². The normalized spacial score (nSPS) is 19.7. The Hall–Kier alpha value is -4.11. The van der Waals surface area contributed by atoms with Gasteiger partial charge in [-0.3, -0.25) is 14.4 Å². The molecule has 2 aliphatic rings. The number of alkyl carbamates (subject to hydrolysis) is 1. The number of carboxylic acid groups (broad SMARTS) is 1. The van der Waals surface area contributed by atoms with Gasteiger partial charge in [-0.15, -0.1) is 0 Å². The summed E-state index contributed by atoms with van der Waals surface area (Å²) in [4.78, 5) is 66.0. The number of alkyl halides is 2. The maximum absolute atomic E-state index is 15.0. The summed E-state index contributed by atoms with van der Waals surface area (Å²) in [5.74, 6) is -6.62. The second-order valence-electron chi connectivity index (χ2n) is 14.4. The third-order valence-corrected chi connectivity index (χ3v) is 9.51. The van der Waals surface area contributed by atoms with Gasteiger partial charge in [-0.1, -0.05) is 59.8 Å². The Labute approximate surface area is 301 Å². The van der Waals surface area contributed by atoms with Crippen LogP contribution in [0.15, 0.2) is 12.1 Å². The maximum atomic E-state index is 15.0. The van der Waals surface area contributed by atoms with Gasteiger partial charge in [0.1, 0.15) is 23.9 Å². The monoisotopic (exact) mass is 744 g/mol. The number of benzene rings is 1.